The Kier molecular flexibility index (Phi) is 8.80. The van der Waals surface area contributed by atoms with Crippen molar-refractivity contribution < 1.29 is 24.5 Å². The molecule has 0 aromatic rings. The normalized spacial score (nSPS) is 26.0. The summed E-state index contributed by atoms with van der Waals surface area (Å²) in [6, 6.07) is 0.428. The summed E-state index contributed by atoms with van der Waals surface area (Å²) >= 11 is 1.90. The molecule has 25 heavy (non-hydrogen) atoms. The molecule has 144 valence electrons. The van der Waals surface area contributed by atoms with Gasteiger partial charge in [0.15, 0.2) is 0 Å². The third-order valence-electron chi connectivity index (χ3n) is 4.39. The van der Waals surface area contributed by atoms with Crippen LogP contribution in [-0.2, 0) is 9.53 Å². The fourth-order valence-corrected chi connectivity index (χ4v) is 4.58. The number of nitrogens with one attached hydrogen (secondary N) is 3. The fourth-order valence-electron chi connectivity index (χ4n) is 3.04. The summed E-state index contributed by atoms with van der Waals surface area (Å²) in [5.74, 6) is 1.01. The molecule has 0 radical (unpaired) electrons. The molecule has 9 heteroatoms. The van der Waals surface area contributed by atoms with Gasteiger partial charge in [-0.2, -0.15) is 11.8 Å². The minimum atomic E-state index is -0.837. The Morgan fingerprint density at radius 1 is 1.36 bits per heavy atom. The molecule has 0 saturated carbocycles. The summed E-state index contributed by atoms with van der Waals surface area (Å²) in [6.45, 7) is 0.800. The van der Waals surface area contributed by atoms with Gasteiger partial charge in [-0.1, -0.05) is 6.42 Å². The highest BCUT2D eigenvalue weighted by atomic mass is 32.2. The third-order valence-corrected chi connectivity index (χ3v) is 5.90. The molecule has 2 fully saturated rings. The molecule has 2 aliphatic rings. The van der Waals surface area contributed by atoms with Crippen molar-refractivity contribution in [2.45, 2.75) is 55.5 Å². The molecule has 3 amide bonds. The minimum absolute atomic E-state index is 0.0446. The van der Waals surface area contributed by atoms with E-state index in [1.165, 1.54) is 0 Å². The molecule has 2 saturated heterocycles. The quantitative estimate of drug-likeness (QED) is 0.234. The number of fused-ring (bicyclic) bond motifs is 1. The second-order valence-electron chi connectivity index (χ2n) is 6.48. The van der Waals surface area contributed by atoms with E-state index in [-0.39, 0.29) is 37.2 Å². The third kappa shape index (κ3) is 7.01. The Balaban J connectivity index is 1.43. The van der Waals surface area contributed by atoms with Gasteiger partial charge in [0.2, 0.25) is 5.91 Å². The van der Waals surface area contributed by atoms with Crippen LogP contribution in [0.25, 0.3) is 0 Å². The summed E-state index contributed by atoms with van der Waals surface area (Å²) in [6.07, 6.45) is 3.20. The maximum Gasteiger partial charge on any atom is 0.315 e. The highest BCUT2D eigenvalue weighted by molar-refractivity contribution is 8.00. The largest absolute Gasteiger partial charge is 0.394 e. The van der Waals surface area contributed by atoms with Crippen LogP contribution in [0.1, 0.15) is 32.1 Å². The van der Waals surface area contributed by atoms with Crippen LogP contribution in [0, 0.1) is 0 Å². The number of ether oxygens (including phenoxy) is 1. The van der Waals surface area contributed by atoms with Crippen LogP contribution < -0.4 is 16.0 Å². The molecule has 4 atom stereocenters. The number of thioether (sulfide) groups is 1. The van der Waals surface area contributed by atoms with E-state index in [1.807, 2.05) is 11.8 Å². The molecule has 2 aliphatic heterocycles. The Morgan fingerprint density at radius 3 is 3.00 bits per heavy atom. The van der Waals surface area contributed by atoms with Crippen LogP contribution in [0.2, 0.25) is 0 Å². The second-order valence-corrected chi connectivity index (χ2v) is 7.75. The lowest BCUT2D eigenvalue weighted by atomic mass is 10.0. The number of carbonyl (C=O) groups excluding carboxylic acids is 2. The first-order valence-corrected chi connectivity index (χ1v) is 9.97. The van der Waals surface area contributed by atoms with Gasteiger partial charge < -0.3 is 30.9 Å². The van der Waals surface area contributed by atoms with E-state index >= 15 is 0 Å². The predicted octanol–water partition coefficient (Wildman–Crippen LogP) is -0.412. The average molecular weight is 375 g/mol. The number of unbranched alkanes of at least 4 members (excludes halogenated alkanes) is 1. The van der Waals surface area contributed by atoms with Crippen LogP contribution in [0.3, 0.4) is 0 Å². The topological polar surface area (TPSA) is 120 Å². The Morgan fingerprint density at radius 2 is 2.20 bits per heavy atom. The Bertz CT molecular complexity index is 440. The lowest BCUT2D eigenvalue weighted by molar-refractivity contribution is -0.121. The maximum atomic E-state index is 11.8. The standard InChI is InChI=1S/C16H29N3O5S/c20-8-11(21)9-24-7-3-6-17-14(22)5-2-1-4-13-15-12(10-25-13)18-16(23)19-15/h11-13,15,20-21H,1-10H2,(H,17,22)(H2,18,19,23). The van der Waals surface area contributed by atoms with Gasteiger partial charge in [0.25, 0.3) is 0 Å². The van der Waals surface area contributed by atoms with Crippen molar-refractivity contribution >= 4 is 23.7 Å². The molecule has 0 bridgehead atoms. The van der Waals surface area contributed by atoms with Gasteiger partial charge in [-0.25, -0.2) is 4.79 Å². The monoisotopic (exact) mass is 375 g/mol. The average Bonchev–Trinajstić information content (AvgIpc) is 3.14. The second kappa shape index (κ2) is 10.8. The van der Waals surface area contributed by atoms with Gasteiger partial charge in [-0.15, -0.1) is 0 Å². The zero-order valence-electron chi connectivity index (χ0n) is 14.4. The zero-order valence-corrected chi connectivity index (χ0v) is 15.2. The molecule has 4 unspecified atom stereocenters. The summed E-state index contributed by atoms with van der Waals surface area (Å²) in [7, 11) is 0. The zero-order chi connectivity index (χ0) is 18.1. The lowest BCUT2D eigenvalue weighted by Gasteiger charge is -2.16. The molecular formula is C16H29N3O5S. The van der Waals surface area contributed by atoms with E-state index in [1.54, 1.807) is 0 Å². The highest BCUT2D eigenvalue weighted by Crippen LogP contribution is 2.33. The molecule has 0 aromatic heterocycles. The van der Waals surface area contributed by atoms with Gasteiger partial charge in [-0.3, -0.25) is 4.79 Å². The number of hydrogen-bond donors (Lipinski definition) is 5. The molecular weight excluding hydrogens is 346 g/mol. The van der Waals surface area contributed by atoms with Crippen LogP contribution >= 0.6 is 11.8 Å². The van der Waals surface area contributed by atoms with Crippen molar-refractivity contribution in [2.75, 3.05) is 32.1 Å². The molecule has 0 spiro atoms. The smallest absolute Gasteiger partial charge is 0.315 e. The predicted molar refractivity (Wildman–Crippen MR) is 95.5 cm³/mol. The van der Waals surface area contributed by atoms with Gasteiger partial charge in [0.1, 0.15) is 6.10 Å². The SMILES string of the molecule is O=C(CCCCC1SCC2NC(=O)NC21)NCCCOCC(O)CO. The molecule has 0 aliphatic carbocycles. The number of urea groups is 1. The van der Waals surface area contributed by atoms with E-state index in [4.69, 9.17) is 14.9 Å². The number of hydrogen-bond acceptors (Lipinski definition) is 6. The molecule has 2 rings (SSSR count). The molecule has 0 aromatic carbocycles. The summed E-state index contributed by atoms with van der Waals surface area (Å²) < 4.78 is 5.17. The summed E-state index contributed by atoms with van der Waals surface area (Å²) in [5, 5.41) is 26.9. The van der Waals surface area contributed by atoms with Crippen molar-refractivity contribution in [3.8, 4) is 0 Å². The summed E-state index contributed by atoms with van der Waals surface area (Å²) in [5.41, 5.74) is 0. The van der Waals surface area contributed by atoms with Crippen molar-refractivity contribution in [3.05, 3.63) is 0 Å². The van der Waals surface area contributed by atoms with Gasteiger partial charge in [0.05, 0.1) is 25.3 Å². The number of aliphatic hydroxyl groups excluding tert-OH is 2. The van der Waals surface area contributed by atoms with Crippen molar-refractivity contribution in [3.63, 3.8) is 0 Å². The Labute approximate surface area is 152 Å². The first-order chi connectivity index (χ1) is 12.1. The molecule has 2 heterocycles. The van der Waals surface area contributed by atoms with Crippen molar-refractivity contribution in [2.24, 2.45) is 0 Å². The van der Waals surface area contributed by atoms with Gasteiger partial charge in [0, 0.05) is 30.6 Å². The minimum Gasteiger partial charge on any atom is -0.394 e. The molecule has 5 N–H and O–H groups in total. The van der Waals surface area contributed by atoms with E-state index in [0.29, 0.717) is 31.2 Å². The first kappa shape index (κ1) is 20.3. The van der Waals surface area contributed by atoms with Crippen LogP contribution in [0.15, 0.2) is 0 Å². The number of rotatable bonds is 12. The van der Waals surface area contributed by atoms with Crippen molar-refractivity contribution in [1.82, 2.24) is 16.0 Å². The summed E-state index contributed by atoms with van der Waals surface area (Å²) in [4.78, 5) is 23.1. The van der Waals surface area contributed by atoms with Crippen LogP contribution in [0.5, 0.6) is 0 Å². The first-order valence-electron chi connectivity index (χ1n) is 8.92. The molecule has 8 nitrogen and oxygen atoms in total. The van der Waals surface area contributed by atoms with Crippen LogP contribution in [-0.4, -0.2) is 77.7 Å². The van der Waals surface area contributed by atoms with E-state index in [2.05, 4.69) is 16.0 Å². The number of aliphatic hydroxyl groups is 2. The number of carbonyl (C=O) groups is 2. The van der Waals surface area contributed by atoms with Gasteiger partial charge >= 0.3 is 6.03 Å². The fraction of sp³-hybridized carbons (Fsp3) is 0.875. The lowest BCUT2D eigenvalue weighted by Crippen LogP contribution is -2.36. The number of amides is 3. The van der Waals surface area contributed by atoms with E-state index < -0.39 is 6.10 Å². The van der Waals surface area contributed by atoms with E-state index in [0.717, 1.165) is 25.0 Å². The van der Waals surface area contributed by atoms with Crippen molar-refractivity contribution in [1.29, 1.82) is 0 Å². The maximum absolute atomic E-state index is 11.8. The van der Waals surface area contributed by atoms with Gasteiger partial charge in [-0.05, 0) is 19.3 Å². The van der Waals surface area contributed by atoms with Crippen LogP contribution in [0.4, 0.5) is 4.79 Å². The highest BCUT2D eigenvalue weighted by Gasteiger charge is 2.42. The van der Waals surface area contributed by atoms with E-state index in [9.17, 15) is 9.59 Å². The Hall–Kier alpha value is -1.03.